The molecule has 1 aliphatic rings. The predicted molar refractivity (Wildman–Crippen MR) is 112 cm³/mol. The van der Waals surface area contributed by atoms with Crippen LogP contribution >= 0.6 is 11.8 Å². The number of hydrogen-bond acceptors (Lipinski definition) is 5. The van der Waals surface area contributed by atoms with E-state index in [4.69, 9.17) is 9.47 Å². The second kappa shape index (κ2) is 9.34. The van der Waals surface area contributed by atoms with Gasteiger partial charge in [-0.1, -0.05) is 24.6 Å². The molecule has 0 spiro atoms. The van der Waals surface area contributed by atoms with Crippen molar-refractivity contribution in [3.05, 3.63) is 53.6 Å². The van der Waals surface area contributed by atoms with Crippen molar-refractivity contribution in [3.8, 4) is 11.5 Å². The van der Waals surface area contributed by atoms with Crippen LogP contribution in [0.3, 0.4) is 0 Å². The Labute approximate surface area is 170 Å². The third-order valence-corrected chi connectivity index (χ3v) is 6.06. The molecule has 1 saturated heterocycles. The molecule has 1 fully saturated rings. The van der Waals surface area contributed by atoms with E-state index in [-0.39, 0.29) is 6.04 Å². The fourth-order valence-corrected chi connectivity index (χ4v) is 4.32. The van der Waals surface area contributed by atoms with Crippen LogP contribution in [0.1, 0.15) is 36.4 Å². The summed E-state index contributed by atoms with van der Waals surface area (Å²) < 4.78 is 10.9. The molecule has 28 heavy (non-hydrogen) atoms. The van der Waals surface area contributed by atoms with Crippen LogP contribution in [0, 0.1) is 0 Å². The van der Waals surface area contributed by atoms with Crippen LogP contribution in [0.5, 0.6) is 11.5 Å². The number of carbonyl (C=O) groups is 1. The highest BCUT2D eigenvalue weighted by Crippen LogP contribution is 2.38. The van der Waals surface area contributed by atoms with Crippen molar-refractivity contribution >= 4 is 17.7 Å². The summed E-state index contributed by atoms with van der Waals surface area (Å²) in [6.45, 7) is 0.750. The van der Waals surface area contributed by atoms with Gasteiger partial charge in [0.1, 0.15) is 6.04 Å². The van der Waals surface area contributed by atoms with Gasteiger partial charge in [-0.15, -0.1) is 11.8 Å². The average Bonchev–Trinajstić information content (AvgIpc) is 2.74. The molecule has 0 amide bonds. The van der Waals surface area contributed by atoms with Crippen LogP contribution in [0.2, 0.25) is 0 Å². The quantitative estimate of drug-likeness (QED) is 0.692. The molecule has 2 unspecified atom stereocenters. The highest BCUT2D eigenvalue weighted by Gasteiger charge is 2.35. The monoisotopic (exact) mass is 401 g/mol. The number of methoxy groups -OCH3 is 2. The maximum absolute atomic E-state index is 12.0. The van der Waals surface area contributed by atoms with Crippen molar-refractivity contribution in [2.45, 2.75) is 36.2 Å². The Morgan fingerprint density at radius 2 is 1.75 bits per heavy atom. The molecule has 2 aromatic carbocycles. The summed E-state index contributed by atoms with van der Waals surface area (Å²) in [5, 5.41) is 9.83. The van der Waals surface area contributed by atoms with Crippen LogP contribution in [0.25, 0.3) is 0 Å². The highest BCUT2D eigenvalue weighted by molar-refractivity contribution is 7.98. The van der Waals surface area contributed by atoms with E-state index < -0.39 is 12.0 Å². The summed E-state index contributed by atoms with van der Waals surface area (Å²) >= 11 is 1.69. The van der Waals surface area contributed by atoms with Gasteiger partial charge in [0.25, 0.3) is 0 Å². The first kappa shape index (κ1) is 20.6. The number of carboxylic acids is 1. The molecule has 0 saturated carbocycles. The van der Waals surface area contributed by atoms with Crippen molar-refractivity contribution < 1.29 is 19.4 Å². The number of benzene rings is 2. The fourth-order valence-electron chi connectivity index (χ4n) is 3.91. The largest absolute Gasteiger partial charge is 0.493 e. The average molecular weight is 402 g/mol. The van der Waals surface area contributed by atoms with Crippen LogP contribution in [0.15, 0.2) is 47.4 Å². The maximum Gasteiger partial charge on any atom is 0.320 e. The summed E-state index contributed by atoms with van der Waals surface area (Å²) in [5.74, 6) is 0.552. The minimum Gasteiger partial charge on any atom is -0.493 e. The first-order valence-electron chi connectivity index (χ1n) is 9.43. The Bertz CT molecular complexity index is 809. The van der Waals surface area contributed by atoms with Gasteiger partial charge in [0.15, 0.2) is 11.5 Å². The molecule has 150 valence electrons. The number of hydrogen-bond donors (Lipinski definition) is 1. The first-order valence-corrected chi connectivity index (χ1v) is 10.7. The maximum atomic E-state index is 12.0. The molecule has 0 aromatic heterocycles. The Morgan fingerprint density at radius 3 is 2.36 bits per heavy atom. The van der Waals surface area contributed by atoms with Crippen LogP contribution < -0.4 is 9.47 Å². The smallest absolute Gasteiger partial charge is 0.320 e. The molecule has 2 atom stereocenters. The number of thioether (sulfide) groups is 1. The van der Waals surface area contributed by atoms with E-state index in [2.05, 4.69) is 29.2 Å². The zero-order chi connectivity index (χ0) is 20.1. The minimum atomic E-state index is -0.758. The van der Waals surface area contributed by atoms with Gasteiger partial charge < -0.3 is 14.6 Å². The number of rotatable bonds is 7. The standard InChI is InChI=1S/C22H27NO4S/c1-26-19-12-9-16(14-20(19)27-2)21(15-7-10-17(28-3)11-8-15)23-13-5-4-6-18(23)22(24)25/h7-12,14,18,21H,4-6,13H2,1-3H3,(H,24,25). The van der Waals surface area contributed by atoms with Crippen molar-refractivity contribution in [2.24, 2.45) is 0 Å². The molecular weight excluding hydrogens is 374 g/mol. The van der Waals surface area contributed by atoms with Gasteiger partial charge in [0.05, 0.1) is 20.3 Å². The Morgan fingerprint density at radius 1 is 1.07 bits per heavy atom. The minimum absolute atomic E-state index is 0.155. The number of ether oxygens (including phenoxy) is 2. The molecule has 5 nitrogen and oxygen atoms in total. The van der Waals surface area contributed by atoms with Gasteiger partial charge >= 0.3 is 5.97 Å². The van der Waals surface area contributed by atoms with Gasteiger partial charge in [-0.2, -0.15) is 0 Å². The normalized spacial score (nSPS) is 18.5. The molecule has 3 rings (SSSR count). The second-order valence-electron chi connectivity index (χ2n) is 6.88. The third kappa shape index (κ3) is 4.28. The lowest BCUT2D eigenvalue weighted by Crippen LogP contribution is -2.46. The predicted octanol–water partition coefficient (Wildman–Crippen LogP) is 4.45. The SMILES string of the molecule is COc1ccc(C(c2ccc(SC)cc2)N2CCCCC2C(=O)O)cc1OC. The lowest BCUT2D eigenvalue weighted by Gasteiger charge is -2.39. The van der Waals surface area contributed by atoms with Crippen molar-refractivity contribution in [3.63, 3.8) is 0 Å². The van der Waals surface area contributed by atoms with Crippen LogP contribution in [-0.4, -0.2) is 49.0 Å². The van der Waals surface area contributed by atoms with E-state index in [9.17, 15) is 9.90 Å². The fraction of sp³-hybridized carbons (Fsp3) is 0.409. The van der Waals surface area contributed by atoms with Gasteiger partial charge in [-0.25, -0.2) is 0 Å². The molecule has 0 aliphatic carbocycles. The highest BCUT2D eigenvalue weighted by atomic mass is 32.2. The summed E-state index contributed by atoms with van der Waals surface area (Å²) in [4.78, 5) is 15.3. The Kier molecular flexibility index (Phi) is 6.86. The Balaban J connectivity index is 2.09. The second-order valence-corrected chi connectivity index (χ2v) is 7.76. The van der Waals surface area contributed by atoms with E-state index in [0.717, 1.165) is 30.5 Å². The molecule has 1 aliphatic heterocycles. The number of likely N-dealkylation sites (tertiary alicyclic amines) is 1. The van der Waals surface area contributed by atoms with Gasteiger partial charge in [-0.3, -0.25) is 9.69 Å². The van der Waals surface area contributed by atoms with Gasteiger partial charge in [0.2, 0.25) is 0 Å². The number of nitrogens with zero attached hydrogens (tertiary/aromatic N) is 1. The third-order valence-electron chi connectivity index (χ3n) is 5.32. The zero-order valence-electron chi connectivity index (χ0n) is 16.6. The molecule has 0 radical (unpaired) electrons. The summed E-state index contributed by atoms with van der Waals surface area (Å²) in [6, 6.07) is 13.6. The summed E-state index contributed by atoms with van der Waals surface area (Å²) in [6.07, 6.45) is 4.65. The van der Waals surface area contributed by atoms with E-state index >= 15 is 0 Å². The molecule has 2 aromatic rings. The molecule has 1 N–H and O–H groups in total. The molecule has 0 bridgehead atoms. The van der Waals surface area contributed by atoms with E-state index in [1.54, 1.807) is 26.0 Å². The lowest BCUT2D eigenvalue weighted by molar-refractivity contribution is -0.145. The summed E-state index contributed by atoms with van der Waals surface area (Å²) in [7, 11) is 3.23. The topological polar surface area (TPSA) is 59.0 Å². The van der Waals surface area contributed by atoms with Crippen molar-refractivity contribution in [2.75, 3.05) is 27.0 Å². The summed E-state index contributed by atoms with van der Waals surface area (Å²) in [5.41, 5.74) is 2.08. The van der Waals surface area contributed by atoms with Gasteiger partial charge in [0, 0.05) is 4.90 Å². The number of aliphatic carboxylic acids is 1. The first-order chi connectivity index (χ1) is 13.6. The van der Waals surface area contributed by atoms with E-state index in [1.807, 2.05) is 24.5 Å². The molecule has 1 heterocycles. The lowest BCUT2D eigenvalue weighted by atomic mass is 9.91. The molecular formula is C22H27NO4S. The Hall–Kier alpha value is -2.18. The van der Waals surface area contributed by atoms with Crippen molar-refractivity contribution in [1.82, 2.24) is 4.90 Å². The van der Waals surface area contributed by atoms with E-state index in [0.29, 0.717) is 17.9 Å². The van der Waals surface area contributed by atoms with Gasteiger partial charge in [-0.05, 0) is 61.0 Å². The van der Waals surface area contributed by atoms with Crippen LogP contribution in [0.4, 0.5) is 0 Å². The number of carboxylic acid groups (broad SMARTS) is 1. The van der Waals surface area contributed by atoms with E-state index in [1.165, 1.54) is 4.90 Å². The molecule has 6 heteroatoms. The van der Waals surface area contributed by atoms with Crippen LogP contribution in [-0.2, 0) is 4.79 Å². The van der Waals surface area contributed by atoms with Crippen molar-refractivity contribution in [1.29, 1.82) is 0 Å². The number of piperidine rings is 1. The zero-order valence-corrected chi connectivity index (χ0v) is 17.4.